The van der Waals surface area contributed by atoms with Crippen LogP contribution in [0, 0.1) is 5.92 Å². The van der Waals surface area contributed by atoms with Crippen LogP contribution in [-0.2, 0) is 0 Å². The van der Waals surface area contributed by atoms with Gasteiger partial charge >= 0.3 is 0 Å². The molecule has 0 atom stereocenters. The number of allylic oxidation sites excluding steroid dienone is 1. The predicted molar refractivity (Wildman–Crippen MR) is 78.2 cm³/mol. The fourth-order valence-electron chi connectivity index (χ4n) is 2.34. The number of rotatable bonds is 2. The molecule has 0 radical (unpaired) electrons. The zero-order valence-electron chi connectivity index (χ0n) is 11.7. The average Bonchev–Trinajstić information content (AvgIpc) is 2.28. The summed E-state index contributed by atoms with van der Waals surface area (Å²) in [7, 11) is 0. The lowest BCUT2D eigenvalue weighted by Gasteiger charge is -2.22. The van der Waals surface area contributed by atoms with Gasteiger partial charge in [0.15, 0.2) is 0 Å². The van der Waals surface area contributed by atoms with Crippen molar-refractivity contribution in [2.45, 2.75) is 33.6 Å². The first-order valence-electron chi connectivity index (χ1n) is 6.69. The van der Waals surface area contributed by atoms with Crippen LogP contribution in [0.15, 0.2) is 24.7 Å². The molecule has 0 amide bonds. The molecule has 1 aliphatic rings. The molecular weight excluding hydrogens is 220 g/mol. The van der Waals surface area contributed by atoms with E-state index in [0.717, 1.165) is 6.54 Å². The minimum atomic E-state index is 0.488. The Morgan fingerprint density at radius 2 is 1.89 bits per heavy atom. The van der Waals surface area contributed by atoms with Crippen molar-refractivity contribution in [3.8, 4) is 0 Å². The summed E-state index contributed by atoms with van der Waals surface area (Å²) >= 11 is 0. The highest BCUT2D eigenvalue weighted by Gasteiger charge is 2.17. The Kier molecular flexibility index (Phi) is 3.85. The molecule has 0 unspecified atom stereocenters. The molecule has 0 saturated heterocycles. The molecule has 0 spiro atoms. The molecule has 2 nitrogen and oxygen atoms in total. The molecule has 0 bridgehead atoms. The van der Waals surface area contributed by atoms with E-state index in [4.69, 9.17) is 0 Å². The molecular formula is C16H22N2. The summed E-state index contributed by atoms with van der Waals surface area (Å²) in [5, 5.41) is 3.36. The highest BCUT2D eigenvalue weighted by Crippen LogP contribution is 2.33. The molecule has 0 saturated carbocycles. The van der Waals surface area contributed by atoms with Gasteiger partial charge in [-0.05, 0) is 28.5 Å². The van der Waals surface area contributed by atoms with Crippen molar-refractivity contribution < 1.29 is 0 Å². The smallest absolute Gasteiger partial charge is 0.0346 e. The SMILES string of the molecule is CC(C)/C1=C/NC/C=C\c2cncc(C(C)C)c21. The molecule has 2 heteroatoms. The maximum Gasteiger partial charge on any atom is 0.0346 e. The van der Waals surface area contributed by atoms with Crippen molar-refractivity contribution in [2.24, 2.45) is 5.92 Å². The van der Waals surface area contributed by atoms with Crippen LogP contribution in [0.3, 0.4) is 0 Å². The Morgan fingerprint density at radius 1 is 1.11 bits per heavy atom. The predicted octanol–water partition coefficient (Wildman–Crippen LogP) is 3.82. The first-order chi connectivity index (χ1) is 8.61. The third-order valence-corrected chi connectivity index (χ3v) is 3.33. The van der Waals surface area contributed by atoms with E-state index in [1.807, 2.05) is 12.4 Å². The zero-order chi connectivity index (χ0) is 13.1. The van der Waals surface area contributed by atoms with Gasteiger partial charge < -0.3 is 5.32 Å². The average molecular weight is 242 g/mol. The van der Waals surface area contributed by atoms with E-state index >= 15 is 0 Å². The van der Waals surface area contributed by atoms with Gasteiger partial charge in [-0.25, -0.2) is 0 Å². The van der Waals surface area contributed by atoms with Gasteiger partial charge in [-0.15, -0.1) is 0 Å². The minimum absolute atomic E-state index is 0.488. The molecule has 2 rings (SSSR count). The lowest BCUT2D eigenvalue weighted by molar-refractivity contribution is 0.813. The third kappa shape index (κ3) is 2.47. The summed E-state index contributed by atoms with van der Waals surface area (Å²) in [4.78, 5) is 4.39. The summed E-state index contributed by atoms with van der Waals surface area (Å²) in [5.74, 6) is 0.991. The second kappa shape index (κ2) is 5.38. The zero-order valence-corrected chi connectivity index (χ0v) is 11.7. The lowest BCUT2D eigenvalue weighted by Crippen LogP contribution is -2.12. The number of hydrogen-bond donors (Lipinski definition) is 1. The fraction of sp³-hybridized carbons (Fsp3) is 0.438. The number of fused-ring (bicyclic) bond motifs is 1. The van der Waals surface area contributed by atoms with E-state index in [9.17, 15) is 0 Å². The van der Waals surface area contributed by atoms with E-state index < -0.39 is 0 Å². The van der Waals surface area contributed by atoms with Crippen molar-refractivity contribution in [1.29, 1.82) is 0 Å². The second-order valence-corrected chi connectivity index (χ2v) is 5.41. The Balaban J connectivity index is 2.67. The molecule has 1 aromatic heterocycles. The van der Waals surface area contributed by atoms with Crippen molar-refractivity contribution >= 4 is 11.6 Å². The van der Waals surface area contributed by atoms with E-state index in [2.05, 4.69) is 56.3 Å². The van der Waals surface area contributed by atoms with E-state index in [-0.39, 0.29) is 0 Å². The lowest BCUT2D eigenvalue weighted by atomic mass is 9.86. The maximum atomic E-state index is 4.39. The number of pyridine rings is 1. The molecule has 18 heavy (non-hydrogen) atoms. The number of nitrogens with one attached hydrogen (secondary N) is 1. The second-order valence-electron chi connectivity index (χ2n) is 5.41. The number of hydrogen-bond acceptors (Lipinski definition) is 2. The van der Waals surface area contributed by atoms with Crippen LogP contribution in [0.25, 0.3) is 11.6 Å². The summed E-state index contributed by atoms with van der Waals surface area (Å²) in [6, 6.07) is 0. The molecule has 1 aliphatic heterocycles. The quantitative estimate of drug-likeness (QED) is 0.852. The fourth-order valence-corrected chi connectivity index (χ4v) is 2.34. The van der Waals surface area contributed by atoms with Gasteiger partial charge in [-0.1, -0.05) is 39.8 Å². The van der Waals surface area contributed by atoms with Crippen LogP contribution >= 0.6 is 0 Å². The van der Waals surface area contributed by atoms with Crippen molar-refractivity contribution in [3.63, 3.8) is 0 Å². The highest BCUT2D eigenvalue weighted by molar-refractivity contribution is 5.77. The normalized spacial score (nSPS) is 19.6. The van der Waals surface area contributed by atoms with Gasteiger partial charge in [-0.3, -0.25) is 4.98 Å². The third-order valence-electron chi connectivity index (χ3n) is 3.33. The molecule has 0 aliphatic carbocycles. The summed E-state index contributed by atoms with van der Waals surface area (Å²) < 4.78 is 0. The van der Waals surface area contributed by atoms with Crippen molar-refractivity contribution in [2.75, 3.05) is 6.54 Å². The molecule has 2 heterocycles. The van der Waals surface area contributed by atoms with Crippen LogP contribution in [0.1, 0.15) is 50.3 Å². The summed E-state index contributed by atoms with van der Waals surface area (Å²) in [6.07, 6.45) is 10.5. The van der Waals surface area contributed by atoms with Gasteiger partial charge in [0, 0.05) is 30.7 Å². The largest absolute Gasteiger partial charge is 0.387 e. The standard InChI is InChI=1S/C16H22N2/c1-11(2)14-9-17-7-5-6-13-8-18-10-15(12(3)4)16(13)14/h5-6,8-12,17H,7H2,1-4H3/b6-5-,14-9-. The monoisotopic (exact) mass is 242 g/mol. The number of aromatic nitrogens is 1. The van der Waals surface area contributed by atoms with E-state index in [1.165, 1.54) is 22.3 Å². The molecule has 1 aromatic rings. The van der Waals surface area contributed by atoms with Gasteiger partial charge in [0.2, 0.25) is 0 Å². The summed E-state index contributed by atoms with van der Waals surface area (Å²) in [5.41, 5.74) is 5.31. The van der Waals surface area contributed by atoms with Crippen molar-refractivity contribution in [1.82, 2.24) is 10.3 Å². The van der Waals surface area contributed by atoms with Gasteiger partial charge in [0.1, 0.15) is 0 Å². The Morgan fingerprint density at radius 3 is 2.56 bits per heavy atom. The minimum Gasteiger partial charge on any atom is -0.387 e. The van der Waals surface area contributed by atoms with Gasteiger partial charge in [0.25, 0.3) is 0 Å². The molecule has 1 N–H and O–H groups in total. The van der Waals surface area contributed by atoms with Gasteiger partial charge in [0.05, 0.1) is 0 Å². The molecule has 0 fully saturated rings. The van der Waals surface area contributed by atoms with Crippen LogP contribution in [0.2, 0.25) is 0 Å². The van der Waals surface area contributed by atoms with E-state index in [0.29, 0.717) is 11.8 Å². The maximum absolute atomic E-state index is 4.39. The van der Waals surface area contributed by atoms with Gasteiger partial charge in [-0.2, -0.15) is 0 Å². The summed E-state index contributed by atoms with van der Waals surface area (Å²) in [6.45, 7) is 9.82. The van der Waals surface area contributed by atoms with Crippen LogP contribution in [-0.4, -0.2) is 11.5 Å². The molecule has 96 valence electrons. The Bertz CT molecular complexity index is 482. The number of nitrogens with zero attached hydrogens (tertiary/aromatic N) is 1. The highest BCUT2D eigenvalue weighted by atomic mass is 14.8. The Labute approximate surface area is 110 Å². The van der Waals surface area contributed by atoms with E-state index in [1.54, 1.807) is 0 Å². The first kappa shape index (κ1) is 12.9. The van der Waals surface area contributed by atoms with Crippen molar-refractivity contribution in [3.05, 3.63) is 41.4 Å². The topological polar surface area (TPSA) is 24.9 Å². The Hall–Kier alpha value is -1.57. The van der Waals surface area contributed by atoms with Crippen LogP contribution in [0.4, 0.5) is 0 Å². The van der Waals surface area contributed by atoms with Crippen LogP contribution < -0.4 is 5.32 Å². The molecule has 0 aromatic carbocycles. The van der Waals surface area contributed by atoms with Crippen LogP contribution in [0.5, 0.6) is 0 Å². The first-order valence-corrected chi connectivity index (χ1v) is 6.69.